The van der Waals surface area contributed by atoms with E-state index in [0.717, 1.165) is 12.8 Å². The molecule has 0 spiro atoms. The van der Waals surface area contributed by atoms with Crippen molar-refractivity contribution in [2.75, 3.05) is 0 Å². The van der Waals surface area contributed by atoms with E-state index in [1.807, 2.05) is 20.8 Å². The van der Waals surface area contributed by atoms with Gasteiger partial charge < -0.3 is 5.32 Å². The molecule has 3 heteroatoms. The summed E-state index contributed by atoms with van der Waals surface area (Å²) in [6, 6.07) is 2.25. The van der Waals surface area contributed by atoms with Crippen molar-refractivity contribution in [3.63, 3.8) is 0 Å². The zero-order valence-corrected chi connectivity index (χ0v) is 15.4. The van der Waals surface area contributed by atoms with Gasteiger partial charge in [0.15, 0.2) is 0 Å². The van der Waals surface area contributed by atoms with Crippen LogP contribution >= 0.6 is 0 Å². The van der Waals surface area contributed by atoms with Crippen molar-refractivity contribution in [2.24, 2.45) is 5.41 Å². The van der Waals surface area contributed by atoms with E-state index in [-0.39, 0.29) is 11.3 Å². The Hall–Kier alpha value is -1.04. The molecule has 0 aliphatic carbocycles. The fourth-order valence-electron chi connectivity index (χ4n) is 2.32. The van der Waals surface area contributed by atoms with Crippen LogP contribution in [0.3, 0.4) is 0 Å². The Balaban J connectivity index is 3.77. The van der Waals surface area contributed by atoms with Crippen molar-refractivity contribution in [1.29, 1.82) is 5.26 Å². The van der Waals surface area contributed by atoms with Gasteiger partial charge in [-0.1, -0.05) is 79.1 Å². The number of rotatable bonds is 11. The van der Waals surface area contributed by atoms with Gasteiger partial charge in [0.1, 0.15) is 5.54 Å². The number of nitrogens with one attached hydrogen (secondary N) is 1. The quantitative estimate of drug-likeness (QED) is 0.523. The summed E-state index contributed by atoms with van der Waals surface area (Å²) in [6.45, 7) is 9.99. The second-order valence-corrected chi connectivity index (χ2v) is 7.61. The average molecular weight is 309 g/mol. The Bertz CT molecular complexity index is 351. The summed E-state index contributed by atoms with van der Waals surface area (Å²) in [4.78, 5) is 12.0. The molecule has 1 amide bonds. The lowest BCUT2D eigenvalue weighted by atomic mass is 9.76. The molecule has 3 nitrogen and oxygen atoms in total. The molecule has 22 heavy (non-hydrogen) atoms. The van der Waals surface area contributed by atoms with Crippen LogP contribution in [0.25, 0.3) is 0 Å². The number of amides is 1. The molecule has 0 aliphatic rings. The maximum absolute atomic E-state index is 12.0. The third-order valence-corrected chi connectivity index (χ3v) is 4.62. The summed E-state index contributed by atoms with van der Waals surface area (Å²) in [5.74, 6) is 0.00178. The van der Waals surface area contributed by atoms with E-state index >= 15 is 0 Å². The maximum atomic E-state index is 12.0. The van der Waals surface area contributed by atoms with E-state index < -0.39 is 5.54 Å². The molecule has 128 valence electrons. The molecule has 0 heterocycles. The van der Waals surface area contributed by atoms with Gasteiger partial charge in [0.2, 0.25) is 5.91 Å². The molecule has 0 fully saturated rings. The Morgan fingerprint density at radius 2 is 1.36 bits per heavy atom. The fourth-order valence-corrected chi connectivity index (χ4v) is 2.32. The molecule has 0 radical (unpaired) electrons. The summed E-state index contributed by atoms with van der Waals surface area (Å²) in [6.07, 6.45) is 11.7. The number of carbonyl (C=O) groups is 1. The molecule has 1 N–H and O–H groups in total. The van der Waals surface area contributed by atoms with E-state index in [0.29, 0.717) is 6.42 Å². The van der Waals surface area contributed by atoms with Gasteiger partial charge in [-0.2, -0.15) is 5.26 Å². The van der Waals surface area contributed by atoms with Crippen LogP contribution in [0.2, 0.25) is 0 Å². The van der Waals surface area contributed by atoms with Crippen LogP contribution in [0, 0.1) is 16.7 Å². The summed E-state index contributed by atoms with van der Waals surface area (Å²) in [7, 11) is 0. The maximum Gasteiger partial charge on any atom is 0.221 e. The molecule has 1 unspecified atom stereocenters. The first kappa shape index (κ1) is 21.0. The standard InChI is InChI=1S/C19H36N2O/c1-6-7-8-9-10-11-12-13-14-15-17(22)21-19(5,16-20)18(2,3)4/h6-15H2,1-5H3,(H,21,22). The highest BCUT2D eigenvalue weighted by Crippen LogP contribution is 2.29. The molecule has 1 atom stereocenters. The molecule has 0 aromatic carbocycles. The Labute approximate surface area is 137 Å². The monoisotopic (exact) mass is 308 g/mol. The van der Waals surface area contributed by atoms with Crippen LogP contribution in [0.15, 0.2) is 0 Å². The van der Waals surface area contributed by atoms with Crippen LogP contribution in [-0.4, -0.2) is 11.4 Å². The van der Waals surface area contributed by atoms with Gasteiger partial charge in [0.05, 0.1) is 6.07 Å². The van der Waals surface area contributed by atoms with Crippen molar-refractivity contribution >= 4 is 5.91 Å². The lowest BCUT2D eigenvalue weighted by molar-refractivity contribution is -0.123. The third-order valence-electron chi connectivity index (χ3n) is 4.62. The summed E-state index contributed by atoms with van der Waals surface area (Å²) in [5, 5.41) is 12.2. The van der Waals surface area contributed by atoms with Gasteiger partial charge in [-0.25, -0.2) is 0 Å². The van der Waals surface area contributed by atoms with Gasteiger partial charge in [0.25, 0.3) is 0 Å². The zero-order valence-electron chi connectivity index (χ0n) is 15.4. The number of unbranched alkanes of at least 4 members (excludes halogenated alkanes) is 8. The Morgan fingerprint density at radius 1 is 0.909 bits per heavy atom. The minimum atomic E-state index is -0.802. The van der Waals surface area contributed by atoms with Crippen LogP contribution < -0.4 is 5.32 Å². The van der Waals surface area contributed by atoms with Crippen LogP contribution in [-0.2, 0) is 4.79 Å². The minimum absolute atomic E-state index is 0.00178. The molecule has 0 aliphatic heterocycles. The van der Waals surface area contributed by atoms with E-state index in [1.165, 1.54) is 44.9 Å². The van der Waals surface area contributed by atoms with Gasteiger partial charge in [-0.3, -0.25) is 4.79 Å². The summed E-state index contributed by atoms with van der Waals surface area (Å²) < 4.78 is 0. The Kier molecular flexibility index (Phi) is 10.1. The molecule has 0 saturated heterocycles. The minimum Gasteiger partial charge on any atom is -0.338 e. The van der Waals surface area contributed by atoms with Gasteiger partial charge in [-0.05, 0) is 18.8 Å². The first-order valence-electron chi connectivity index (χ1n) is 8.99. The fraction of sp³-hybridized carbons (Fsp3) is 0.895. The number of hydrogen-bond donors (Lipinski definition) is 1. The van der Waals surface area contributed by atoms with Gasteiger partial charge >= 0.3 is 0 Å². The van der Waals surface area contributed by atoms with Gasteiger partial charge in [0, 0.05) is 6.42 Å². The van der Waals surface area contributed by atoms with E-state index in [1.54, 1.807) is 6.92 Å². The van der Waals surface area contributed by atoms with Gasteiger partial charge in [-0.15, -0.1) is 0 Å². The van der Waals surface area contributed by atoms with Crippen LogP contribution in [0.1, 0.15) is 98.8 Å². The summed E-state index contributed by atoms with van der Waals surface area (Å²) >= 11 is 0. The summed E-state index contributed by atoms with van der Waals surface area (Å²) in [5.41, 5.74) is -1.07. The van der Waals surface area contributed by atoms with Crippen molar-refractivity contribution in [1.82, 2.24) is 5.32 Å². The molecule has 0 aromatic heterocycles. The lowest BCUT2D eigenvalue weighted by Gasteiger charge is -2.36. The highest BCUT2D eigenvalue weighted by molar-refractivity contribution is 5.77. The van der Waals surface area contributed by atoms with Crippen LogP contribution in [0.4, 0.5) is 0 Å². The number of nitriles is 1. The van der Waals surface area contributed by atoms with Crippen LogP contribution in [0.5, 0.6) is 0 Å². The normalized spacial score (nSPS) is 14.2. The number of carbonyl (C=O) groups excluding carboxylic acids is 1. The topological polar surface area (TPSA) is 52.9 Å². The van der Waals surface area contributed by atoms with E-state index in [2.05, 4.69) is 18.3 Å². The molecular weight excluding hydrogens is 272 g/mol. The lowest BCUT2D eigenvalue weighted by Crippen LogP contribution is -2.53. The van der Waals surface area contributed by atoms with Crippen molar-refractivity contribution in [3.8, 4) is 6.07 Å². The third kappa shape index (κ3) is 8.41. The predicted molar refractivity (Wildman–Crippen MR) is 93.5 cm³/mol. The molecule has 0 bridgehead atoms. The first-order valence-corrected chi connectivity index (χ1v) is 8.99. The first-order chi connectivity index (χ1) is 10.3. The van der Waals surface area contributed by atoms with Crippen molar-refractivity contribution < 1.29 is 4.79 Å². The predicted octanol–water partition coefficient (Wildman–Crippen LogP) is 5.35. The highest BCUT2D eigenvalue weighted by Gasteiger charge is 2.38. The number of hydrogen-bond acceptors (Lipinski definition) is 2. The van der Waals surface area contributed by atoms with E-state index in [9.17, 15) is 10.1 Å². The number of nitrogens with zero attached hydrogens (tertiary/aromatic N) is 1. The van der Waals surface area contributed by atoms with E-state index in [4.69, 9.17) is 0 Å². The second-order valence-electron chi connectivity index (χ2n) is 7.61. The molecular formula is C19H36N2O. The largest absolute Gasteiger partial charge is 0.338 e. The Morgan fingerprint density at radius 3 is 1.77 bits per heavy atom. The smallest absolute Gasteiger partial charge is 0.221 e. The van der Waals surface area contributed by atoms with Crippen molar-refractivity contribution in [3.05, 3.63) is 0 Å². The van der Waals surface area contributed by atoms with Crippen molar-refractivity contribution in [2.45, 2.75) is 104 Å². The molecule has 0 saturated carbocycles. The molecule has 0 rings (SSSR count). The SMILES string of the molecule is CCCCCCCCCCCC(=O)NC(C)(C#N)C(C)(C)C. The highest BCUT2D eigenvalue weighted by atomic mass is 16.1. The molecule has 0 aromatic rings. The second kappa shape index (κ2) is 10.6. The average Bonchev–Trinajstić information content (AvgIpc) is 2.44. The zero-order chi connectivity index (χ0) is 17.1.